The minimum absolute atomic E-state index is 0.132. The van der Waals surface area contributed by atoms with Crippen LogP contribution in [0.2, 0.25) is 0 Å². The van der Waals surface area contributed by atoms with E-state index in [1.807, 2.05) is 52.7 Å². The highest BCUT2D eigenvalue weighted by molar-refractivity contribution is 7.14. The maximum atomic E-state index is 12.8. The van der Waals surface area contributed by atoms with Gasteiger partial charge >= 0.3 is 0 Å². The molecule has 3 aromatic rings. The molecule has 1 amide bonds. The van der Waals surface area contributed by atoms with Crippen LogP contribution in [0.1, 0.15) is 60.0 Å². The van der Waals surface area contributed by atoms with Crippen molar-refractivity contribution in [1.29, 1.82) is 0 Å². The molecule has 1 fully saturated rings. The number of pyridine rings is 1. The Kier molecular flexibility index (Phi) is 6.94. The first-order chi connectivity index (χ1) is 15.1. The van der Waals surface area contributed by atoms with Gasteiger partial charge in [-0.25, -0.2) is 4.98 Å². The van der Waals surface area contributed by atoms with Gasteiger partial charge in [-0.3, -0.25) is 15.1 Å². The van der Waals surface area contributed by atoms with Crippen LogP contribution in [-0.2, 0) is 11.3 Å². The molecule has 0 aromatic carbocycles. The van der Waals surface area contributed by atoms with Crippen molar-refractivity contribution in [2.75, 3.05) is 18.5 Å². The Morgan fingerprint density at radius 1 is 1.26 bits per heavy atom. The van der Waals surface area contributed by atoms with Crippen molar-refractivity contribution in [3.05, 3.63) is 64.7 Å². The molecule has 0 spiro atoms. The smallest absolute Gasteiger partial charge is 0.274 e. The van der Waals surface area contributed by atoms with E-state index in [0.717, 1.165) is 44.0 Å². The molecule has 7 heteroatoms. The molecule has 31 heavy (non-hydrogen) atoms. The van der Waals surface area contributed by atoms with Crippen LogP contribution >= 0.6 is 11.3 Å². The van der Waals surface area contributed by atoms with Gasteiger partial charge in [-0.2, -0.15) is 0 Å². The minimum atomic E-state index is -0.132. The number of nitrogens with zero attached hydrogens (tertiary/aromatic N) is 3. The van der Waals surface area contributed by atoms with E-state index in [1.165, 1.54) is 16.9 Å². The highest BCUT2D eigenvalue weighted by Gasteiger charge is 2.18. The van der Waals surface area contributed by atoms with Crippen LogP contribution in [0.15, 0.2) is 42.0 Å². The van der Waals surface area contributed by atoms with Crippen molar-refractivity contribution in [2.24, 2.45) is 5.92 Å². The third kappa shape index (κ3) is 5.68. The number of ether oxygens (including phenoxy) is 1. The lowest BCUT2D eigenvalue weighted by Gasteiger charge is -2.23. The third-order valence-electron chi connectivity index (χ3n) is 5.50. The molecule has 4 heterocycles. The zero-order chi connectivity index (χ0) is 21.6. The van der Waals surface area contributed by atoms with Crippen molar-refractivity contribution in [2.45, 2.75) is 39.2 Å². The van der Waals surface area contributed by atoms with E-state index in [0.29, 0.717) is 22.7 Å². The standard InChI is InChI=1S/C24H28N4O2S/c1-17(2)19-5-6-20(25-14-19)7-8-21-16-31-24(26-21)27-23(29)22-4-3-11-28(22)15-18-9-12-30-13-10-18/h3-8,11,14,16-18H,9-10,12-13,15H2,1-2H3,(H,26,27,29). The van der Waals surface area contributed by atoms with Crippen LogP contribution in [0.4, 0.5) is 5.13 Å². The third-order valence-corrected chi connectivity index (χ3v) is 6.28. The van der Waals surface area contributed by atoms with Gasteiger partial charge in [0.15, 0.2) is 5.13 Å². The lowest BCUT2D eigenvalue weighted by molar-refractivity contribution is 0.0610. The molecular weight excluding hydrogens is 408 g/mol. The number of rotatable bonds is 7. The largest absolute Gasteiger partial charge is 0.381 e. The Hall–Kier alpha value is -2.77. The van der Waals surface area contributed by atoms with Crippen LogP contribution in [0, 0.1) is 5.92 Å². The first-order valence-corrected chi connectivity index (χ1v) is 11.6. The number of carbonyl (C=O) groups is 1. The molecule has 0 aliphatic carbocycles. The van der Waals surface area contributed by atoms with Crippen LogP contribution in [-0.4, -0.2) is 33.7 Å². The maximum Gasteiger partial charge on any atom is 0.274 e. The molecule has 1 N–H and O–H groups in total. The zero-order valence-corrected chi connectivity index (χ0v) is 18.8. The van der Waals surface area contributed by atoms with E-state index >= 15 is 0 Å². The van der Waals surface area contributed by atoms with E-state index in [-0.39, 0.29) is 5.91 Å². The average molecular weight is 437 g/mol. The lowest BCUT2D eigenvalue weighted by Crippen LogP contribution is -2.23. The summed E-state index contributed by atoms with van der Waals surface area (Å²) in [4.78, 5) is 21.8. The lowest BCUT2D eigenvalue weighted by atomic mass is 10.0. The zero-order valence-electron chi connectivity index (χ0n) is 18.0. The molecule has 0 saturated carbocycles. The van der Waals surface area contributed by atoms with Crippen LogP contribution in [0.5, 0.6) is 0 Å². The summed E-state index contributed by atoms with van der Waals surface area (Å²) >= 11 is 1.42. The van der Waals surface area contributed by atoms with E-state index in [2.05, 4.69) is 35.2 Å². The van der Waals surface area contributed by atoms with Gasteiger partial charge in [0.25, 0.3) is 5.91 Å². The predicted molar refractivity (Wildman–Crippen MR) is 125 cm³/mol. The first-order valence-electron chi connectivity index (χ1n) is 10.7. The summed E-state index contributed by atoms with van der Waals surface area (Å²) in [5.74, 6) is 0.883. The molecule has 0 atom stereocenters. The Morgan fingerprint density at radius 3 is 2.81 bits per heavy atom. The number of aromatic nitrogens is 3. The number of thiazole rings is 1. The van der Waals surface area contributed by atoms with Crippen LogP contribution in [0.25, 0.3) is 12.2 Å². The van der Waals surface area contributed by atoms with E-state index in [4.69, 9.17) is 4.74 Å². The molecule has 0 radical (unpaired) electrons. The molecule has 4 rings (SSSR count). The van der Waals surface area contributed by atoms with Crippen LogP contribution < -0.4 is 5.32 Å². The van der Waals surface area contributed by atoms with Crippen molar-refractivity contribution >= 4 is 34.5 Å². The van der Waals surface area contributed by atoms with Gasteiger partial charge < -0.3 is 9.30 Å². The quantitative estimate of drug-likeness (QED) is 0.545. The molecule has 162 valence electrons. The minimum Gasteiger partial charge on any atom is -0.381 e. The summed E-state index contributed by atoms with van der Waals surface area (Å²) in [5.41, 5.74) is 3.56. The van der Waals surface area contributed by atoms with Gasteiger partial charge in [-0.15, -0.1) is 11.3 Å². The van der Waals surface area contributed by atoms with Crippen molar-refractivity contribution < 1.29 is 9.53 Å². The van der Waals surface area contributed by atoms with Gasteiger partial charge in [0.2, 0.25) is 0 Å². The second-order valence-corrected chi connectivity index (χ2v) is 9.00. The molecule has 3 aromatic heterocycles. The number of hydrogen-bond donors (Lipinski definition) is 1. The maximum absolute atomic E-state index is 12.8. The number of hydrogen-bond acceptors (Lipinski definition) is 5. The number of amides is 1. The Balaban J connectivity index is 1.36. The van der Waals surface area contributed by atoms with Gasteiger partial charge in [0, 0.05) is 37.5 Å². The Labute approximate surface area is 187 Å². The molecular formula is C24H28N4O2S. The summed E-state index contributed by atoms with van der Waals surface area (Å²) in [5, 5.41) is 5.45. The monoisotopic (exact) mass is 436 g/mol. The second-order valence-electron chi connectivity index (χ2n) is 8.14. The normalized spacial score (nSPS) is 15.1. The van der Waals surface area contributed by atoms with Gasteiger partial charge in [0.05, 0.1) is 11.4 Å². The van der Waals surface area contributed by atoms with Crippen molar-refractivity contribution in [1.82, 2.24) is 14.5 Å². The fourth-order valence-electron chi connectivity index (χ4n) is 3.60. The van der Waals surface area contributed by atoms with E-state index < -0.39 is 0 Å². The number of carbonyl (C=O) groups excluding carboxylic acids is 1. The summed E-state index contributed by atoms with van der Waals surface area (Å²) in [6, 6.07) is 7.88. The average Bonchev–Trinajstić information content (AvgIpc) is 3.42. The number of anilines is 1. The van der Waals surface area contributed by atoms with E-state index in [1.54, 1.807) is 0 Å². The van der Waals surface area contributed by atoms with E-state index in [9.17, 15) is 4.79 Å². The molecule has 0 unspecified atom stereocenters. The number of nitrogens with one attached hydrogen (secondary N) is 1. The van der Waals surface area contributed by atoms with Crippen molar-refractivity contribution in [3.63, 3.8) is 0 Å². The fraction of sp³-hybridized carbons (Fsp3) is 0.375. The topological polar surface area (TPSA) is 69.0 Å². The SMILES string of the molecule is CC(C)c1ccc(C=Cc2csc(NC(=O)c3cccn3CC3CCOCC3)n2)nc1. The predicted octanol–water partition coefficient (Wildman–Crippen LogP) is 5.31. The summed E-state index contributed by atoms with van der Waals surface area (Å²) in [6.07, 6.45) is 9.80. The summed E-state index contributed by atoms with van der Waals surface area (Å²) < 4.78 is 7.47. The van der Waals surface area contributed by atoms with Gasteiger partial charge in [0.1, 0.15) is 5.69 Å². The van der Waals surface area contributed by atoms with Gasteiger partial charge in [-0.1, -0.05) is 19.9 Å². The fourth-order valence-corrected chi connectivity index (χ4v) is 4.27. The molecule has 6 nitrogen and oxygen atoms in total. The molecule has 1 saturated heterocycles. The molecule has 1 aliphatic heterocycles. The van der Waals surface area contributed by atoms with Crippen molar-refractivity contribution in [3.8, 4) is 0 Å². The van der Waals surface area contributed by atoms with Gasteiger partial charge in [-0.05, 0) is 60.6 Å². The van der Waals surface area contributed by atoms with Crippen LogP contribution in [0.3, 0.4) is 0 Å². The molecule has 0 bridgehead atoms. The second kappa shape index (κ2) is 10.0. The Bertz CT molecular complexity index is 1030. The summed E-state index contributed by atoms with van der Waals surface area (Å²) in [7, 11) is 0. The highest BCUT2D eigenvalue weighted by Crippen LogP contribution is 2.21. The molecule has 1 aliphatic rings. The highest BCUT2D eigenvalue weighted by atomic mass is 32.1. The first kappa shape index (κ1) is 21.5. The Morgan fingerprint density at radius 2 is 2.06 bits per heavy atom. The summed E-state index contributed by atoms with van der Waals surface area (Å²) in [6.45, 7) is 6.76.